The fourth-order valence-corrected chi connectivity index (χ4v) is 4.12. The number of benzene rings is 4. The molecule has 9 heteroatoms. The molecule has 0 aliphatic rings. The Labute approximate surface area is 285 Å². The van der Waals surface area contributed by atoms with E-state index in [1.807, 2.05) is 0 Å². The van der Waals surface area contributed by atoms with E-state index in [1.165, 1.54) is 21.9 Å². The third-order valence-corrected chi connectivity index (χ3v) is 5.20. The largest absolute Gasteiger partial charge is 1.00 e. The molecule has 0 aliphatic carbocycles. The Bertz CT molecular complexity index is 831. The molecule has 0 radical (unpaired) electrons. The predicted octanol–water partition coefficient (Wildman–Crippen LogP) is -12.9. The molecular weight excluding hydrogens is 450 g/mol. The smallest absolute Gasteiger partial charge is 0.907 e. The van der Waals surface area contributed by atoms with E-state index in [0.29, 0.717) is 0 Å². The van der Waals surface area contributed by atoms with E-state index < -0.39 is 13.5 Å². The van der Waals surface area contributed by atoms with Crippen molar-refractivity contribution in [2.75, 3.05) is 0 Å². The van der Waals surface area contributed by atoms with Gasteiger partial charge in [-0.1, -0.05) is 121 Å². The maximum Gasteiger partial charge on any atom is 1.00 e. The van der Waals surface area contributed by atoms with Gasteiger partial charge < -0.3 is 15.1 Å². The normalized spacial score (nSPS) is 9.30. The first-order chi connectivity index (χ1) is 14.2. The summed E-state index contributed by atoms with van der Waals surface area (Å²) in [6, 6.07) is 43.5. The Morgan fingerprint density at radius 2 is 0.515 bits per heavy atom. The quantitative estimate of drug-likeness (QED) is 0.279. The Morgan fingerprint density at radius 1 is 0.364 bits per heavy atom. The molecule has 0 aromatic heterocycles. The Hall–Kier alpha value is 0.890. The van der Waals surface area contributed by atoms with Gasteiger partial charge in [0.15, 0.2) is 0 Å². The molecule has 0 fully saturated rings. The fourth-order valence-electron chi connectivity index (χ4n) is 4.12. The maximum absolute atomic E-state index is 8.42. The zero-order chi connectivity index (χ0) is 20.5. The van der Waals surface area contributed by atoms with Gasteiger partial charge in [-0.15, -0.1) is 0 Å². The second-order valence-electron chi connectivity index (χ2n) is 6.80. The summed E-state index contributed by atoms with van der Waals surface area (Å²) in [7, 11) is -2.92. The molecule has 0 aliphatic heterocycles. The third kappa shape index (κ3) is 9.70. The Kier molecular flexibility index (Phi) is 20.8. The summed E-state index contributed by atoms with van der Waals surface area (Å²) in [5, 5.41) is 25.2. The monoisotopic (exact) mass is 470 g/mol. The van der Waals surface area contributed by atoms with Gasteiger partial charge in [-0.05, 0) is 0 Å². The molecular formula is C24H20B2Na4O3. The van der Waals surface area contributed by atoms with Crippen molar-refractivity contribution in [2.24, 2.45) is 0 Å². The minimum absolute atomic E-state index is 0. The average molecular weight is 470 g/mol. The molecule has 4 aromatic carbocycles. The van der Waals surface area contributed by atoms with Crippen molar-refractivity contribution in [1.29, 1.82) is 0 Å². The van der Waals surface area contributed by atoms with Crippen molar-refractivity contribution in [3.63, 3.8) is 0 Å². The summed E-state index contributed by atoms with van der Waals surface area (Å²) >= 11 is 0. The van der Waals surface area contributed by atoms with Gasteiger partial charge in [0.25, 0.3) is 0 Å². The molecule has 0 saturated heterocycles. The topological polar surface area (TPSA) is 69.2 Å². The van der Waals surface area contributed by atoms with Crippen LogP contribution in [0, 0.1) is 0 Å². The fraction of sp³-hybridized carbons (Fsp3) is 0. The molecule has 0 spiro atoms. The summed E-state index contributed by atoms with van der Waals surface area (Å²) in [5.74, 6) is 0. The molecule has 33 heavy (non-hydrogen) atoms. The van der Waals surface area contributed by atoms with E-state index in [9.17, 15) is 0 Å². The van der Waals surface area contributed by atoms with Crippen molar-refractivity contribution in [3.8, 4) is 0 Å². The van der Waals surface area contributed by atoms with Crippen LogP contribution in [0.25, 0.3) is 0 Å². The van der Waals surface area contributed by atoms with Crippen molar-refractivity contribution >= 4 is 35.3 Å². The zero-order valence-corrected chi connectivity index (χ0v) is 27.9. The SMILES string of the molecule is [Na+].[Na+].[Na+].[Na+].[O-]B([O-])[O-].c1ccc([B-](c2ccccc2)(c2ccccc2)c2ccccc2)cc1. The molecule has 0 heterocycles. The van der Waals surface area contributed by atoms with Gasteiger partial charge in [0.05, 0.1) is 0 Å². The van der Waals surface area contributed by atoms with Gasteiger partial charge in [-0.2, -0.15) is 21.9 Å². The van der Waals surface area contributed by atoms with E-state index in [0.717, 1.165) is 0 Å². The molecule has 4 rings (SSSR count). The predicted molar refractivity (Wildman–Crippen MR) is 116 cm³/mol. The van der Waals surface area contributed by atoms with Gasteiger partial charge in [-0.3, -0.25) is 7.32 Å². The minimum Gasteiger partial charge on any atom is -0.907 e. The number of rotatable bonds is 4. The van der Waals surface area contributed by atoms with Gasteiger partial charge in [0.2, 0.25) is 0 Å². The van der Waals surface area contributed by atoms with Crippen LogP contribution in [-0.2, 0) is 0 Å². The summed E-state index contributed by atoms with van der Waals surface area (Å²) in [6.07, 6.45) is -1.22. The Balaban J connectivity index is 0. The summed E-state index contributed by atoms with van der Waals surface area (Å²) in [6.45, 7) is 0. The van der Waals surface area contributed by atoms with Gasteiger partial charge in [0, 0.05) is 0 Å². The van der Waals surface area contributed by atoms with Crippen LogP contribution in [0.3, 0.4) is 0 Å². The molecule has 3 nitrogen and oxygen atoms in total. The number of hydrogen-bond acceptors (Lipinski definition) is 3. The van der Waals surface area contributed by atoms with Crippen molar-refractivity contribution in [3.05, 3.63) is 121 Å². The van der Waals surface area contributed by atoms with E-state index in [1.54, 1.807) is 0 Å². The van der Waals surface area contributed by atoms with E-state index in [4.69, 9.17) is 15.1 Å². The van der Waals surface area contributed by atoms with Gasteiger partial charge in [0.1, 0.15) is 6.15 Å². The van der Waals surface area contributed by atoms with Crippen LogP contribution in [0.1, 0.15) is 0 Å². The first kappa shape index (κ1) is 36.0. The summed E-state index contributed by atoms with van der Waals surface area (Å²) in [4.78, 5) is 0. The van der Waals surface area contributed by atoms with E-state index >= 15 is 0 Å². The van der Waals surface area contributed by atoms with Gasteiger partial charge >= 0.3 is 118 Å². The van der Waals surface area contributed by atoms with Crippen molar-refractivity contribution in [1.82, 2.24) is 0 Å². The molecule has 0 saturated carbocycles. The van der Waals surface area contributed by atoms with E-state index in [-0.39, 0.29) is 118 Å². The molecule has 0 unspecified atom stereocenters. The average Bonchev–Trinajstić information content (AvgIpc) is 2.77. The van der Waals surface area contributed by atoms with Crippen LogP contribution >= 0.6 is 0 Å². The van der Waals surface area contributed by atoms with Crippen molar-refractivity contribution in [2.45, 2.75) is 0 Å². The van der Waals surface area contributed by atoms with Crippen LogP contribution < -0.4 is 155 Å². The molecule has 4 aromatic rings. The van der Waals surface area contributed by atoms with Crippen LogP contribution in [0.15, 0.2) is 121 Å². The minimum atomic E-state index is -2.92. The molecule has 0 N–H and O–H groups in total. The molecule has 0 bridgehead atoms. The standard InChI is InChI=1S/C24H20B.BO3.4Na/c1-5-13-21(14-6-1)25(22-15-7-2-8-16-22,23-17-9-3-10-18-23)24-19-11-4-12-20-24;2-1(3)4;;;;/h1-20H;;;;;/q-1;-3;4*+1. The van der Waals surface area contributed by atoms with Crippen LogP contribution in [0.5, 0.6) is 0 Å². The van der Waals surface area contributed by atoms with Gasteiger partial charge in [-0.25, -0.2) is 0 Å². The Morgan fingerprint density at radius 3 is 0.667 bits per heavy atom. The van der Waals surface area contributed by atoms with Crippen molar-refractivity contribution < 1.29 is 133 Å². The van der Waals surface area contributed by atoms with Crippen LogP contribution in [0.4, 0.5) is 0 Å². The molecule has 0 atom stereocenters. The second-order valence-corrected chi connectivity index (χ2v) is 6.80. The molecule has 0 amide bonds. The van der Waals surface area contributed by atoms with E-state index in [2.05, 4.69) is 121 Å². The van der Waals surface area contributed by atoms with Crippen LogP contribution in [-0.4, -0.2) is 13.5 Å². The molecule has 144 valence electrons. The zero-order valence-electron chi connectivity index (χ0n) is 19.9. The van der Waals surface area contributed by atoms with Crippen LogP contribution in [0.2, 0.25) is 0 Å². The first-order valence-corrected chi connectivity index (χ1v) is 9.50. The first-order valence-electron chi connectivity index (χ1n) is 9.50. The maximum atomic E-state index is 8.42. The summed E-state index contributed by atoms with van der Waals surface area (Å²) in [5.41, 5.74) is 5.36. The summed E-state index contributed by atoms with van der Waals surface area (Å²) < 4.78 is 0. The second kappa shape index (κ2) is 19.1. The third-order valence-electron chi connectivity index (χ3n) is 5.20. The number of hydrogen-bond donors (Lipinski definition) is 0.